The zero-order valence-electron chi connectivity index (χ0n) is 10.3. The molecule has 0 spiro atoms. The van der Waals surface area contributed by atoms with Gasteiger partial charge in [-0.1, -0.05) is 41.4 Å². The van der Waals surface area contributed by atoms with E-state index in [-0.39, 0.29) is 17.2 Å². The average Bonchev–Trinajstić information content (AvgIpc) is 2.48. The monoisotopic (exact) mass is 305 g/mol. The van der Waals surface area contributed by atoms with Crippen LogP contribution in [0.1, 0.15) is 21.5 Å². The van der Waals surface area contributed by atoms with Crippen molar-refractivity contribution in [3.05, 3.63) is 69.2 Å². The van der Waals surface area contributed by atoms with E-state index < -0.39 is 5.97 Å². The number of rotatable bonds is 3. The second-order valence-corrected chi connectivity index (χ2v) is 4.77. The molecule has 0 heterocycles. The predicted octanol–water partition coefficient (Wildman–Crippen LogP) is 4.22. The van der Waals surface area contributed by atoms with Crippen molar-refractivity contribution in [1.29, 1.82) is 5.26 Å². The third-order valence-corrected chi connectivity index (χ3v) is 3.44. The Morgan fingerprint density at radius 2 is 1.85 bits per heavy atom. The maximum atomic E-state index is 11.9. The molecule has 0 N–H and O–H groups in total. The zero-order chi connectivity index (χ0) is 14.5. The van der Waals surface area contributed by atoms with Crippen molar-refractivity contribution in [1.82, 2.24) is 0 Å². The van der Waals surface area contributed by atoms with Crippen molar-refractivity contribution in [2.45, 2.75) is 6.61 Å². The number of hydrogen-bond donors (Lipinski definition) is 0. The van der Waals surface area contributed by atoms with Gasteiger partial charge in [-0.25, -0.2) is 4.79 Å². The Labute approximate surface area is 126 Å². The van der Waals surface area contributed by atoms with Crippen LogP contribution in [0.3, 0.4) is 0 Å². The van der Waals surface area contributed by atoms with E-state index in [2.05, 4.69) is 0 Å². The molecule has 2 rings (SSSR count). The van der Waals surface area contributed by atoms with Gasteiger partial charge in [-0.15, -0.1) is 0 Å². The minimum Gasteiger partial charge on any atom is -0.457 e. The van der Waals surface area contributed by atoms with Gasteiger partial charge in [-0.3, -0.25) is 0 Å². The second kappa shape index (κ2) is 6.42. The molecule has 5 heteroatoms. The molecular formula is C15H9Cl2NO2. The lowest BCUT2D eigenvalue weighted by atomic mass is 10.1. The molecule has 3 nitrogen and oxygen atoms in total. The highest BCUT2D eigenvalue weighted by atomic mass is 35.5. The smallest absolute Gasteiger partial charge is 0.340 e. The lowest BCUT2D eigenvalue weighted by Crippen LogP contribution is -2.06. The van der Waals surface area contributed by atoms with Crippen LogP contribution in [0.25, 0.3) is 0 Å². The zero-order valence-corrected chi connectivity index (χ0v) is 11.8. The fraction of sp³-hybridized carbons (Fsp3) is 0.0667. The summed E-state index contributed by atoms with van der Waals surface area (Å²) >= 11 is 11.8. The molecule has 0 bridgehead atoms. The number of ether oxygens (including phenoxy) is 1. The van der Waals surface area contributed by atoms with Gasteiger partial charge in [-0.2, -0.15) is 5.26 Å². The summed E-state index contributed by atoms with van der Waals surface area (Å²) in [5, 5.41) is 9.17. The van der Waals surface area contributed by atoms with Gasteiger partial charge in [0.15, 0.2) is 0 Å². The van der Waals surface area contributed by atoms with Crippen LogP contribution >= 0.6 is 23.2 Å². The Morgan fingerprint density at radius 3 is 2.50 bits per heavy atom. The number of carbonyl (C=O) groups is 1. The Bertz CT molecular complexity index is 675. The average molecular weight is 306 g/mol. The number of benzene rings is 2. The summed E-state index contributed by atoms with van der Waals surface area (Å²) < 4.78 is 5.16. The normalized spacial score (nSPS) is 9.85. The standard InChI is InChI=1S/C15H9Cl2NO2/c16-13-3-1-2-12(14(13)17)15(19)20-9-11-6-4-10(8-18)5-7-11/h1-7H,9H2. The third-order valence-electron chi connectivity index (χ3n) is 2.62. The van der Waals surface area contributed by atoms with Gasteiger partial charge in [0.2, 0.25) is 0 Å². The Balaban J connectivity index is 2.05. The molecule has 0 unspecified atom stereocenters. The van der Waals surface area contributed by atoms with Gasteiger partial charge in [0.05, 0.1) is 27.2 Å². The van der Waals surface area contributed by atoms with Crippen LogP contribution in [-0.4, -0.2) is 5.97 Å². The summed E-state index contributed by atoms with van der Waals surface area (Å²) in [5.41, 5.74) is 1.57. The Kier molecular flexibility index (Phi) is 4.62. The van der Waals surface area contributed by atoms with E-state index in [1.807, 2.05) is 6.07 Å². The number of nitrogens with zero attached hydrogens (tertiary/aromatic N) is 1. The van der Waals surface area contributed by atoms with Crippen molar-refractivity contribution in [3.63, 3.8) is 0 Å². The lowest BCUT2D eigenvalue weighted by molar-refractivity contribution is 0.0473. The quantitative estimate of drug-likeness (QED) is 0.798. The van der Waals surface area contributed by atoms with Crippen LogP contribution in [0, 0.1) is 11.3 Å². The summed E-state index contributed by atoms with van der Waals surface area (Å²) in [4.78, 5) is 11.9. The number of carbonyl (C=O) groups excluding carboxylic acids is 1. The second-order valence-electron chi connectivity index (χ2n) is 3.99. The van der Waals surface area contributed by atoms with Gasteiger partial charge in [0, 0.05) is 0 Å². The summed E-state index contributed by atoms with van der Waals surface area (Å²) in [7, 11) is 0. The van der Waals surface area contributed by atoms with E-state index in [1.54, 1.807) is 42.5 Å². The van der Waals surface area contributed by atoms with Crippen LogP contribution in [0.4, 0.5) is 0 Å². The van der Waals surface area contributed by atoms with E-state index in [0.29, 0.717) is 10.6 Å². The molecule has 2 aromatic rings. The molecule has 0 aliphatic carbocycles. The predicted molar refractivity (Wildman–Crippen MR) is 76.7 cm³/mol. The van der Waals surface area contributed by atoms with Crippen LogP contribution in [0.5, 0.6) is 0 Å². The Morgan fingerprint density at radius 1 is 1.15 bits per heavy atom. The molecule has 0 atom stereocenters. The number of hydrogen-bond acceptors (Lipinski definition) is 3. The Hall–Kier alpha value is -2.02. The topological polar surface area (TPSA) is 50.1 Å². The van der Waals surface area contributed by atoms with E-state index in [1.165, 1.54) is 0 Å². The molecule has 0 amide bonds. The fourth-order valence-electron chi connectivity index (χ4n) is 1.56. The molecular weight excluding hydrogens is 297 g/mol. The van der Waals surface area contributed by atoms with Crippen LogP contribution in [0.2, 0.25) is 10.0 Å². The van der Waals surface area contributed by atoms with Crippen LogP contribution < -0.4 is 0 Å². The molecule has 0 saturated carbocycles. The lowest BCUT2D eigenvalue weighted by Gasteiger charge is -2.07. The first kappa shape index (κ1) is 14.4. The van der Waals surface area contributed by atoms with Crippen molar-refractivity contribution >= 4 is 29.2 Å². The first-order valence-electron chi connectivity index (χ1n) is 5.72. The maximum absolute atomic E-state index is 11.9. The van der Waals surface area contributed by atoms with Crippen LogP contribution in [-0.2, 0) is 11.3 Å². The van der Waals surface area contributed by atoms with E-state index in [9.17, 15) is 4.79 Å². The number of esters is 1. The minimum atomic E-state index is -0.540. The van der Waals surface area contributed by atoms with E-state index >= 15 is 0 Å². The molecule has 0 fully saturated rings. The van der Waals surface area contributed by atoms with E-state index in [4.69, 9.17) is 33.2 Å². The number of nitriles is 1. The SMILES string of the molecule is N#Cc1ccc(COC(=O)c2cccc(Cl)c2Cl)cc1. The fourth-order valence-corrected chi connectivity index (χ4v) is 1.94. The number of halogens is 2. The third kappa shape index (κ3) is 3.30. The van der Waals surface area contributed by atoms with Gasteiger partial charge in [0.25, 0.3) is 0 Å². The molecule has 0 aliphatic rings. The van der Waals surface area contributed by atoms with Gasteiger partial charge in [-0.05, 0) is 29.8 Å². The summed E-state index contributed by atoms with van der Waals surface area (Å²) in [6.07, 6.45) is 0. The van der Waals surface area contributed by atoms with Crippen molar-refractivity contribution < 1.29 is 9.53 Å². The molecule has 0 aromatic heterocycles. The minimum absolute atomic E-state index is 0.105. The highest BCUT2D eigenvalue weighted by Crippen LogP contribution is 2.26. The van der Waals surface area contributed by atoms with Gasteiger partial charge in [0.1, 0.15) is 6.61 Å². The largest absolute Gasteiger partial charge is 0.457 e. The van der Waals surface area contributed by atoms with Crippen molar-refractivity contribution in [2.75, 3.05) is 0 Å². The first-order chi connectivity index (χ1) is 9.61. The maximum Gasteiger partial charge on any atom is 0.340 e. The molecule has 0 radical (unpaired) electrons. The van der Waals surface area contributed by atoms with E-state index in [0.717, 1.165) is 5.56 Å². The molecule has 0 saturated heterocycles. The first-order valence-corrected chi connectivity index (χ1v) is 6.47. The molecule has 20 heavy (non-hydrogen) atoms. The van der Waals surface area contributed by atoms with Crippen LogP contribution in [0.15, 0.2) is 42.5 Å². The molecule has 100 valence electrons. The van der Waals surface area contributed by atoms with Crippen molar-refractivity contribution in [3.8, 4) is 6.07 Å². The van der Waals surface area contributed by atoms with Crippen molar-refractivity contribution in [2.24, 2.45) is 0 Å². The summed E-state index contributed by atoms with van der Waals surface area (Å²) in [6.45, 7) is 0.105. The molecule has 2 aromatic carbocycles. The molecule has 0 aliphatic heterocycles. The van der Waals surface area contributed by atoms with Gasteiger partial charge < -0.3 is 4.74 Å². The highest BCUT2D eigenvalue weighted by molar-refractivity contribution is 6.43. The summed E-state index contributed by atoms with van der Waals surface area (Å²) in [5.74, 6) is -0.540. The van der Waals surface area contributed by atoms with Gasteiger partial charge >= 0.3 is 5.97 Å². The summed E-state index contributed by atoms with van der Waals surface area (Å²) in [6, 6.07) is 13.6. The highest BCUT2D eigenvalue weighted by Gasteiger charge is 2.13.